The second-order valence-electron chi connectivity index (χ2n) is 7.42. The van der Waals surface area contributed by atoms with Gasteiger partial charge in [0.25, 0.3) is 0 Å². The second kappa shape index (κ2) is 6.75. The summed E-state index contributed by atoms with van der Waals surface area (Å²) in [6, 6.07) is 8.10. The molecule has 1 aliphatic rings. The van der Waals surface area contributed by atoms with E-state index < -0.39 is 11.7 Å². The smallest absolute Gasteiger partial charge is 0.412 e. The van der Waals surface area contributed by atoms with Crippen LogP contribution in [0.2, 0.25) is 0 Å². The number of nitrogens with one attached hydrogen (secondary N) is 1. The summed E-state index contributed by atoms with van der Waals surface area (Å²) in [4.78, 5) is 16.2. The number of pyridine rings is 1. The molecule has 0 bridgehead atoms. The predicted molar refractivity (Wildman–Crippen MR) is 97.1 cm³/mol. The van der Waals surface area contributed by atoms with E-state index in [1.54, 1.807) is 12.4 Å². The van der Waals surface area contributed by atoms with Crippen LogP contribution in [0.3, 0.4) is 0 Å². The molecule has 0 aliphatic carbocycles. The molecule has 1 amide bonds. The number of hydrogen-bond acceptors (Lipinski definition) is 4. The predicted octanol–water partition coefficient (Wildman–Crippen LogP) is 4.34. The molecule has 2 aromatic rings. The van der Waals surface area contributed by atoms with Crippen LogP contribution in [0.5, 0.6) is 5.75 Å². The highest BCUT2D eigenvalue weighted by Gasteiger charge is 2.25. The fraction of sp³-hybridized carbons (Fsp3) is 0.400. The third-order valence-electron chi connectivity index (χ3n) is 3.85. The first kappa shape index (κ1) is 17.3. The average molecular weight is 340 g/mol. The molecule has 5 heteroatoms. The topological polar surface area (TPSA) is 60.5 Å². The molecule has 1 aliphatic heterocycles. The summed E-state index contributed by atoms with van der Waals surface area (Å²) in [5, 5.41) is 2.85. The fourth-order valence-corrected chi connectivity index (χ4v) is 2.94. The van der Waals surface area contributed by atoms with E-state index in [2.05, 4.69) is 16.4 Å². The summed E-state index contributed by atoms with van der Waals surface area (Å²) >= 11 is 0. The Balaban J connectivity index is 1.87. The van der Waals surface area contributed by atoms with Crippen molar-refractivity contribution < 1.29 is 14.3 Å². The number of carbonyl (C=O) groups excluding carboxylic acids is 1. The lowest BCUT2D eigenvalue weighted by molar-refractivity contribution is 0.0635. The molecule has 0 radical (unpaired) electrons. The summed E-state index contributed by atoms with van der Waals surface area (Å²) < 4.78 is 11.3. The molecule has 25 heavy (non-hydrogen) atoms. The Hall–Kier alpha value is -2.56. The first-order valence-electron chi connectivity index (χ1n) is 8.51. The van der Waals surface area contributed by atoms with Gasteiger partial charge in [-0.3, -0.25) is 10.3 Å². The maximum Gasteiger partial charge on any atom is 0.412 e. The molecule has 0 fully saturated rings. The Morgan fingerprint density at radius 1 is 1.28 bits per heavy atom. The van der Waals surface area contributed by atoms with Gasteiger partial charge in [0.05, 0.1) is 5.69 Å². The van der Waals surface area contributed by atoms with Crippen molar-refractivity contribution in [1.29, 1.82) is 0 Å². The molecule has 1 aromatic carbocycles. The zero-order chi connectivity index (χ0) is 18.0. The standard InChI is InChI=1S/C20H24N2O3/c1-13-9-16-11-15(10-14-5-7-21-8-6-14)12-17(18(16)24-13)22-19(23)25-20(2,3)4/h5-8,11-13H,9-10H2,1-4H3,(H,22,23)/t13-/m1/s1. The van der Waals surface area contributed by atoms with Gasteiger partial charge in [-0.15, -0.1) is 0 Å². The van der Waals surface area contributed by atoms with Gasteiger partial charge in [-0.25, -0.2) is 4.79 Å². The Labute approximate surface area is 148 Å². The van der Waals surface area contributed by atoms with Gasteiger partial charge in [0.1, 0.15) is 17.5 Å². The van der Waals surface area contributed by atoms with Gasteiger partial charge in [-0.2, -0.15) is 0 Å². The van der Waals surface area contributed by atoms with Crippen molar-refractivity contribution in [2.75, 3.05) is 5.32 Å². The Kier molecular flexibility index (Phi) is 4.66. The summed E-state index contributed by atoms with van der Waals surface area (Å²) in [6.45, 7) is 7.56. The maximum absolute atomic E-state index is 12.2. The molecular formula is C20H24N2O3. The van der Waals surface area contributed by atoms with Gasteiger partial charge < -0.3 is 9.47 Å². The fourth-order valence-electron chi connectivity index (χ4n) is 2.94. The first-order chi connectivity index (χ1) is 11.8. The van der Waals surface area contributed by atoms with Crippen LogP contribution < -0.4 is 10.1 Å². The van der Waals surface area contributed by atoms with Crippen LogP contribution >= 0.6 is 0 Å². The van der Waals surface area contributed by atoms with E-state index in [9.17, 15) is 4.79 Å². The molecule has 2 heterocycles. The van der Waals surface area contributed by atoms with E-state index in [0.29, 0.717) is 5.69 Å². The summed E-state index contributed by atoms with van der Waals surface area (Å²) in [5.41, 5.74) is 3.53. The summed E-state index contributed by atoms with van der Waals surface area (Å²) in [7, 11) is 0. The molecule has 3 rings (SSSR count). The second-order valence-corrected chi connectivity index (χ2v) is 7.42. The molecule has 1 N–H and O–H groups in total. The van der Waals surface area contributed by atoms with Gasteiger partial charge >= 0.3 is 6.09 Å². The van der Waals surface area contributed by atoms with Crippen LogP contribution in [0, 0.1) is 0 Å². The SMILES string of the molecule is C[C@@H]1Cc2cc(Cc3ccncc3)cc(NC(=O)OC(C)(C)C)c2O1. The molecule has 0 unspecified atom stereocenters. The molecule has 0 saturated heterocycles. The molecule has 0 spiro atoms. The normalized spacial score (nSPS) is 16.1. The number of aromatic nitrogens is 1. The first-order valence-corrected chi connectivity index (χ1v) is 8.51. The highest BCUT2D eigenvalue weighted by molar-refractivity contribution is 5.88. The van der Waals surface area contributed by atoms with E-state index >= 15 is 0 Å². The quantitative estimate of drug-likeness (QED) is 0.903. The van der Waals surface area contributed by atoms with Crippen molar-refractivity contribution in [3.05, 3.63) is 53.3 Å². The summed E-state index contributed by atoms with van der Waals surface area (Å²) in [5.74, 6) is 0.747. The van der Waals surface area contributed by atoms with Gasteiger partial charge in [-0.1, -0.05) is 6.07 Å². The number of rotatable bonds is 3. The van der Waals surface area contributed by atoms with Crippen LogP contribution in [0.25, 0.3) is 0 Å². The van der Waals surface area contributed by atoms with Crippen molar-refractivity contribution in [2.45, 2.75) is 52.2 Å². The number of ether oxygens (including phenoxy) is 2. The van der Waals surface area contributed by atoms with Gasteiger partial charge in [-0.05, 0) is 63.4 Å². The van der Waals surface area contributed by atoms with Crippen LogP contribution in [0.4, 0.5) is 10.5 Å². The average Bonchev–Trinajstić information content (AvgIpc) is 2.87. The number of anilines is 1. The third kappa shape index (κ3) is 4.50. The molecule has 1 aromatic heterocycles. The van der Waals surface area contributed by atoms with E-state index in [4.69, 9.17) is 9.47 Å². The maximum atomic E-state index is 12.2. The van der Waals surface area contributed by atoms with E-state index in [-0.39, 0.29) is 6.10 Å². The number of benzene rings is 1. The molecule has 5 nitrogen and oxygen atoms in total. The lowest BCUT2D eigenvalue weighted by Crippen LogP contribution is -2.27. The van der Waals surface area contributed by atoms with E-state index in [1.807, 2.05) is 45.9 Å². The van der Waals surface area contributed by atoms with Crippen LogP contribution in [0.15, 0.2) is 36.7 Å². The number of hydrogen-bond donors (Lipinski definition) is 1. The monoisotopic (exact) mass is 340 g/mol. The van der Waals surface area contributed by atoms with Crippen molar-refractivity contribution in [3.8, 4) is 5.75 Å². The Morgan fingerprint density at radius 3 is 2.68 bits per heavy atom. The third-order valence-corrected chi connectivity index (χ3v) is 3.85. The van der Waals surface area contributed by atoms with Crippen LogP contribution in [0.1, 0.15) is 44.4 Å². The lowest BCUT2D eigenvalue weighted by Gasteiger charge is -2.20. The number of carbonyl (C=O) groups is 1. The summed E-state index contributed by atoms with van der Waals surface area (Å²) in [6.07, 6.45) is 4.81. The van der Waals surface area contributed by atoms with Gasteiger partial charge in [0.2, 0.25) is 0 Å². The zero-order valence-electron chi connectivity index (χ0n) is 15.1. The van der Waals surface area contributed by atoms with Crippen molar-refractivity contribution >= 4 is 11.8 Å². The van der Waals surface area contributed by atoms with Gasteiger partial charge in [0, 0.05) is 24.4 Å². The Morgan fingerprint density at radius 2 is 2.00 bits per heavy atom. The zero-order valence-corrected chi connectivity index (χ0v) is 15.1. The number of fused-ring (bicyclic) bond motifs is 1. The Bertz CT molecular complexity index is 767. The lowest BCUT2D eigenvalue weighted by atomic mass is 10.0. The van der Waals surface area contributed by atoms with Crippen molar-refractivity contribution in [3.63, 3.8) is 0 Å². The van der Waals surface area contributed by atoms with Crippen molar-refractivity contribution in [1.82, 2.24) is 4.98 Å². The van der Waals surface area contributed by atoms with Gasteiger partial charge in [0.15, 0.2) is 0 Å². The van der Waals surface area contributed by atoms with Crippen LogP contribution in [-0.4, -0.2) is 22.8 Å². The molecule has 1 atom stereocenters. The highest BCUT2D eigenvalue weighted by Crippen LogP contribution is 2.38. The van der Waals surface area contributed by atoms with E-state index in [1.165, 1.54) is 5.56 Å². The minimum absolute atomic E-state index is 0.102. The number of amides is 1. The largest absolute Gasteiger partial charge is 0.488 e. The highest BCUT2D eigenvalue weighted by atomic mass is 16.6. The van der Waals surface area contributed by atoms with Crippen molar-refractivity contribution in [2.24, 2.45) is 0 Å². The molecule has 0 saturated carbocycles. The molecular weight excluding hydrogens is 316 g/mol. The van der Waals surface area contributed by atoms with E-state index in [0.717, 1.165) is 29.7 Å². The minimum atomic E-state index is -0.546. The molecule has 132 valence electrons. The minimum Gasteiger partial charge on any atom is -0.488 e. The number of nitrogens with zero attached hydrogens (tertiary/aromatic N) is 1. The van der Waals surface area contributed by atoms with Crippen LogP contribution in [-0.2, 0) is 17.6 Å².